The molecule has 1 unspecified atom stereocenters. The van der Waals surface area contributed by atoms with Crippen LogP contribution in [0.15, 0.2) is 128 Å². The Bertz CT molecular complexity index is 1530. The van der Waals surface area contributed by atoms with Crippen LogP contribution in [-0.4, -0.2) is 12.7 Å². The van der Waals surface area contributed by atoms with Crippen molar-refractivity contribution in [3.8, 4) is 0 Å². The molecule has 4 aromatic rings. The quantitative estimate of drug-likeness (QED) is 0.0651. The van der Waals surface area contributed by atoms with E-state index in [2.05, 4.69) is 128 Å². The smallest absolute Gasteiger partial charge is 0.0769 e. The summed E-state index contributed by atoms with van der Waals surface area (Å²) in [6.07, 6.45) is 16.5. The lowest BCUT2D eigenvalue weighted by Gasteiger charge is -2.18. The van der Waals surface area contributed by atoms with E-state index in [4.69, 9.17) is 5.73 Å². The summed E-state index contributed by atoms with van der Waals surface area (Å²) in [6.45, 7) is 11.9. The zero-order valence-corrected chi connectivity index (χ0v) is 24.0. The van der Waals surface area contributed by atoms with Crippen LogP contribution >= 0.6 is 0 Å². The van der Waals surface area contributed by atoms with Crippen molar-refractivity contribution in [1.29, 1.82) is 0 Å². The van der Waals surface area contributed by atoms with Gasteiger partial charge in [-0.1, -0.05) is 147 Å². The molecule has 4 rings (SSSR count). The number of nitrogen functional groups attached to an aromatic ring is 1. The second-order valence-electron chi connectivity index (χ2n) is 10.0. The molecule has 3 heteroatoms. The Hall–Kier alpha value is -4.44. The van der Waals surface area contributed by atoms with Gasteiger partial charge in [-0.2, -0.15) is 0 Å². The number of hydrogen-bond donors (Lipinski definition) is 3. The number of fused-ring (bicyclic) bond motifs is 1. The highest BCUT2D eigenvalue weighted by Crippen LogP contribution is 2.31. The Morgan fingerprint density at radius 3 is 2.27 bits per heavy atom. The Balaban J connectivity index is 1.50. The first kappa shape index (κ1) is 29.5. The highest BCUT2D eigenvalue weighted by atomic mass is 15.1. The maximum Gasteiger partial charge on any atom is 0.0769 e. The molecule has 208 valence electrons. The van der Waals surface area contributed by atoms with Gasteiger partial charge in [-0.05, 0) is 51.9 Å². The van der Waals surface area contributed by atoms with Gasteiger partial charge in [0.25, 0.3) is 0 Å². The van der Waals surface area contributed by atoms with Crippen molar-refractivity contribution in [2.24, 2.45) is 0 Å². The van der Waals surface area contributed by atoms with E-state index in [9.17, 15) is 0 Å². The lowest BCUT2D eigenvalue weighted by Crippen LogP contribution is -2.41. The number of nitrogens with one attached hydrogen (secondary N) is 2. The van der Waals surface area contributed by atoms with Crippen molar-refractivity contribution in [2.45, 2.75) is 32.5 Å². The highest BCUT2D eigenvalue weighted by molar-refractivity contribution is 6.01. The summed E-state index contributed by atoms with van der Waals surface area (Å²) in [4.78, 5) is 0. The van der Waals surface area contributed by atoms with E-state index in [1.807, 2.05) is 30.4 Å². The fraction of sp³-hybridized carbons (Fsp3) is 0.158. The molecule has 41 heavy (non-hydrogen) atoms. The lowest BCUT2D eigenvalue weighted by atomic mass is 9.92. The van der Waals surface area contributed by atoms with E-state index in [0.29, 0.717) is 0 Å². The Morgan fingerprint density at radius 2 is 1.56 bits per heavy atom. The van der Waals surface area contributed by atoms with Crippen LogP contribution in [0.25, 0.3) is 29.0 Å². The zero-order valence-electron chi connectivity index (χ0n) is 24.0. The van der Waals surface area contributed by atoms with Crippen molar-refractivity contribution >= 4 is 34.7 Å². The second-order valence-corrected chi connectivity index (χ2v) is 10.0. The summed E-state index contributed by atoms with van der Waals surface area (Å²) < 4.78 is 0. The van der Waals surface area contributed by atoms with Gasteiger partial charge in [-0.3, -0.25) is 10.6 Å². The average molecular weight is 540 g/mol. The Morgan fingerprint density at radius 1 is 0.854 bits per heavy atom. The maximum atomic E-state index is 6.28. The van der Waals surface area contributed by atoms with Gasteiger partial charge in [-0.25, -0.2) is 0 Å². The predicted octanol–water partition coefficient (Wildman–Crippen LogP) is 8.56. The molecule has 4 aromatic carbocycles. The van der Waals surface area contributed by atoms with E-state index in [1.54, 1.807) is 0 Å². The fourth-order valence-corrected chi connectivity index (χ4v) is 4.93. The van der Waals surface area contributed by atoms with Crippen LogP contribution in [0.3, 0.4) is 0 Å². The largest absolute Gasteiger partial charge is 0.398 e. The van der Waals surface area contributed by atoms with Crippen LogP contribution in [0, 0.1) is 0 Å². The van der Waals surface area contributed by atoms with Crippen LogP contribution in [0.5, 0.6) is 0 Å². The monoisotopic (exact) mass is 539 g/mol. The van der Waals surface area contributed by atoms with Crippen LogP contribution in [0.1, 0.15) is 41.2 Å². The lowest BCUT2D eigenvalue weighted by molar-refractivity contribution is 0.506. The SMILES string of the molecule is C=Cc1c(N)ccc2ccc(CC=CC(NC/C(=C/C=Cc3ccccc3)CC)NCc3ccccc3)c(C=C)c12. The maximum absolute atomic E-state index is 6.28. The molecule has 0 saturated heterocycles. The van der Waals surface area contributed by atoms with E-state index >= 15 is 0 Å². The van der Waals surface area contributed by atoms with Crippen molar-refractivity contribution in [3.05, 3.63) is 156 Å². The van der Waals surface area contributed by atoms with Gasteiger partial charge in [0.05, 0.1) is 6.17 Å². The standard InChI is InChI=1S/C38H41N3/c1-4-29(19-13-20-30-15-9-7-10-16-30)27-40-37(41-28-31-17-11-8-12-18-31)22-14-21-32-23-24-33-25-26-36(39)35(6-3)38(33)34(32)5-2/h5-20,22-26,37,40-41H,2-4,21,27-28,39H2,1H3/b20-13?,22-14?,29-19+. The summed E-state index contributed by atoms with van der Waals surface area (Å²) in [7, 11) is 0. The minimum Gasteiger partial charge on any atom is -0.398 e. The molecular weight excluding hydrogens is 498 g/mol. The molecule has 0 fully saturated rings. The molecule has 0 bridgehead atoms. The summed E-state index contributed by atoms with van der Waals surface area (Å²) >= 11 is 0. The van der Waals surface area contributed by atoms with Gasteiger partial charge >= 0.3 is 0 Å². The minimum atomic E-state index is 0.00952. The van der Waals surface area contributed by atoms with Gasteiger partial charge in [0.2, 0.25) is 0 Å². The molecule has 0 heterocycles. The molecule has 0 saturated carbocycles. The molecule has 0 radical (unpaired) electrons. The predicted molar refractivity (Wildman–Crippen MR) is 180 cm³/mol. The normalized spacial score (nSPS) is 12.8. The van der Waals surface area contributed by atoms with Crippen LogP contribution in [-0.2, 0) is 13.0 Å². The molecule has 0 aliphatic carbocycles. The number of benzene rings is 4. The average Bonchev–Trinajstić information content (AvgIpc) is 3.01. The van der Waals surface area contributed by atoms with E-state index < -0.39 is 0 Å². The van der Waals surface area contributed by atoms with Crippen molar-refractivity contribution < 1.29 is 0 Å². The van der Waals surface area contributed by atoms with E-state index in [0.717, 1.165) is 53.5 Å². The number of nitrogens with two attached hydrogens (primary N) is 1. The summed E-state index contributed by atoms with van der Waals surface area (Å²) in [5.41, 5.74) is 14.1. The van der Waals surface area contributed by atoms with Gasteiger partial charge in [0.1, 0.15) is 0 Å². The molecular formula is C38H41N3. The first-order chi connectivity index (χ1) is 20.1. The van der Waals surface area contributed by atoms with Crippen molar-refractivity contribution in [1.82, 2.24) is 10.6 Å². The Labute approximate surface area is 245 Å². The molecule has 0 aliphatic heterocycles. The van der Waals surface area contributed by atoms with Crippen LogP contribution < -0.4 is 16.4 Å². The summed E-state index contributed by atoms with van der Waals surface area (Å²) in [5, 5.41) is 9.63. The molecule has 0 amide bonds. The van der Waals surface area contributed by atoms with Gasteiger partial charge in [-0.15, -0.1) is 0 Å². The first-order valence-corrected chi connectivity index (χ1v) is 14.3. The minimum absolute atomic E-state index is 0.00952. The molecule has 3 nitrogen and oxygen atoms in total. The molecule has 4 N–H and O–H groups in total. The summed E-state index contributed by atoms with van der Waals surface area (Å²) in [6, 6.07) is 29.2. The number of hydrogen-bond acceptors (Lipinski definition) is 3. The van der Waals surface area contributed by atoms with E-state index in [1.165, 1.54) is 22.3 Å². The third kappa shape index (κ3) is 8.28. The summed E-state index contributed by atoms with van der Waals surface area (Å²) in [5.74, 6) is 0. The fourth-order valence-electron chi connectivity index (χ4n) is 4.93. The topological polar surface area (TPSA) is 50.1 Å². The highest BCUT2D eigenvalue weighted by Gasteiger charge is 2.10. The van der Waals surface area contributed by atoms with Crippen LogP contribution in [0.4, 0.5) is 5.69 Å². The van der Waals surface area contributed by atoms with Crippen molar-refractivity contribution in [2.75, 3.05) is 12.3 Å². The van der Waals surface area contributed by atoms with Crippen LogP contribution in [0.2, 0.25) is 0 Å². The Kier molecular flexibility index (Phi) is 11.1. The number of allylic oxidation sites excluding steroid dienone is 3. The first-order valence-electron chi connectivity index (χ1n) is 14.3. The third-order valence-corrected chi connectivity index (χ3v) is 7.26. The molecule has 0 spiro atoms. The second kappa shape index (κ2) is 15.4. The van der Waals surface area contributed by atoms with Gasteiger partial charge in [0, 0.05) is 24.3 Å². The van der Waals surface area contributed by atoms with Gasteiger partial charge in [0.15, 0.2) is 0 Å². The molecule has 0 aromatic heterocycles. The molecule has 0 aliphatic rings. The number of anilines is 1. The molecule has 1 atom stereocenters. The van der Waals surface area contributed by atoms with Crippen molar-refractivity contribution in [3.63, 3.8) is 0 Å². The third-order valence-electron chi connectivity index (χ3n) is 7.26. The number of rotatable bonds is 14. The zero-order chi connectivity index (χ0) is 28.9. The van der Waals surface area contributed by atoms with E-state index in [-0.39, 0.29) is 6.17 Å². The van der Waals surface area contributed by atoms with Gasteiger partial charge < -0.3 is 5.73 Å².